The number of phenols is 3. The van der Waals surface area contributed by atoms with E-state index in [4.69, 9.17) is 94.4 Å². The van der Waals surface area contributed by atoms with Crippen molar-refractivity contribution in [2.75, 3.05) is 28.4 Å². The molecule has 0 bridgehead atoms. The van der Waals surface area contributed by atoms with E-state index in [1.54, 1.807) is 150 Å². The van der Waals surface area contributed by atoms with Gasteiger partial charge in [0.2, 0.25) is 0 Å². The highest BCUT2D eigenvalue weighted by Crippen LogP contribution is 2.34. The van der Waals surface area contributed by atoms with E-state index >= 15 is 0 Å². The smallest absolute Gasteiger partial charge is 0.508 e. The van der Waals surface area contributed by atoms with E-state index in [2.05, 4.69) is 25.3 Å². The predicted molar refractivity (Wildman–Crippen MR) is 470 cm³/mol. The van der Waals surface area contributed by atoms with Gasteiger partial charge in [-0.25, -0.2) is 17.6 Å². The molecule has 0 saturated heterocycles. The van der Waals surface area contributed by atoms with Gasteiger partial charge in [-0.15, -0.1) is 0 Å². The van der Waals surface area contributed by atoms with E-state index in [0.717, 1.165) is 75.6 Å². The predicted octanol–water partition coefficient (Wildman–Crippen LogP) is 18.5. The number of aldehydes is 6. The molecule has 0 radical (unpaired) electrons. The Balaban J connectivity index is 0.000000253. The summed E-state index contributed by atoms with van der Waals surface area (Å²) in [6.45, 7) is 0. The third-order valence-corrected chi connectivity index (χ3v) is 18.8. The second kappa shape index (κ2) is 52.2. The van der Waals surface area contributed by atoms with Gasteiger partial charge in [0.05, 0.1) is 61.4 Å². The molecule has 0 heterocycles. The van der Waals surface area contributed by atoms with Crippen LogP contribution in [0.3, 0.4) is 0 Å². The fraction of sp³-hybridized carbons (Fsp3) is 0.0556. The summed E-state index contributed by atoms with van der Waals surface area (Å²) in [4.78, 5) is 62.1. The zero-order chi connectivity index (χ0) is 93.2. The number of halogens is 11. The lowest BCUT2D eigenvalue weighted by atomic mass is 9.80. The standard InChI is InChI=1S/C14H11ClO2.C14H11FO2.C13H10FNO2.C13H9FO2.C8H4ClF3O4S.2C7H9BO3.C7H4BrFO.C7H5ClO2/c1-17-12-5-3-11(4-6-12)13-7-2-10(9-16)8-14(13)15;1-17-13-6-4-10(5-7-13)11-2-3-12(9-16)14(15)8-11;14-13-7-10(1-2-11(13)8-15-17)9-3-5-12(16)6-4-9;14-13-7-10(1-2-11(13)8-15)9-3-5-12(16)6-4-9;9-6-3-5(4-13)1-2-7(6)16-17(14,15)8(10,11)12;2*1-11-7-4-2-6(3-5-7)8(9)10;8-6-2-1-5(4-10)7(9)3-6;8-6-3-5(4-9)1-2-7(6)10/h2*2-9H,1H3;1-8,16-17H;1-8,16H;1-4H;2*2-5,9-10H,1H3;1-4H;1-4,10H/b;;15-8+;;;;;;. The quantitative estimate of drug-likeness (QED) is 0.00545. The summed E-state index contributed by atoms with van der Waals surface area (Å²) in [5.41, 5.74) is 3.37. The molecule has 0 atom stereocenters. The Morgan fingerprint density at radius 3 is 0.984 bits per heavy atom. The zero-order valence-corrected chi connectivity index (χ0v) is 70.7. The van der Waals surface area contributed by atoms with Crippen LogP contribution < -0.4 is 34.1 Å². The maximum Gasteiger partial charge on any atom is 0.534 e. The molecule has 36 heteroatoms. The van der Waals surface area contributed by atoms with Crippen molar-refractivity contribution in [2.45, 2.75) is 5.51 Å². The van der Waals surface area contributed by atoms with Crippen molar-refractivity contribution in [2.24, 2.45) is 5.16 Å². The molecule has 0 unspecified atom stereocenters. The van der Waals surface area contributed by atoms with Crippen molar-refractivity contribution in [1.29, 1.82) is 0 Å². The maximum absolute atomic E-state index is 13.6. The molecule has 0 aliphatic rings. The lowest BCUT2D eigenvalue weighted by Gasteiger charge is -2.10. The summed E-state index contributed by atoms with van der Waals surface area (Å²) < 4.78 is 134. The van der Waals surface area contributed by atoms with Gasteiger partial charge in [0.25, 0.3) is 0 Å². The van der Waals surface area contributed by atoms with Gasteiger partial charge >= 0.3 is 29.9 Å². The van der Waals surface area contributed by atoms with Crippen LogP contribution in [0.1, 0.15) is 67.7 Å². The van der Waals surface area contributed by atoms with E-state index in [-0.39, 0.29) is 50.1 Å². The van der Waals surface area contributed by atoms with Crippen LogP contribution in [-0.2, 0) is 10.1 Å². The molecule has 652 valence electrons. The molecule has 13 aromatic rings. The first kappa shape index (κ1) is 103. The molecule has 126 heavy (non-hydrogen) atoms. The van der Waals surface area contributed by atoms with E-state index in [0.29, 0.717) is 85.6 Å². The van der Waals surface area contributed by atoms with Crippen molar-refractivity contribution in [1.82, 2.24) is 0 Å². The monoisotopic (exact) mass is 1870 g/mol. The van der Waals surface area contributed by atoms with Crippen molar-refractivity contribution in [3.63, 3.8) is 0 Å². The zero-order valence-electron chi connectivity index (χ0n) is 66.1. The summed E-state index contributed by atoms with van der Waals surface area (Å²) in [6.07, 6.45) is 4.36. The molecule has 0 amide bonds. The van der Waals surface area contributed by atoms with Gasteiger partial charge in [0.1, 0.15) is 82.4 Å². The number of methoxy groups -OCH3 is 4. The van der Waals surface area contributed by atoms with Crippen LogP contribution in [0.25, 0.3) is 44.5 Å². The molecule has 0 fully saturated rings. The van der Waals surface area contributed by atoms with Gasteiger partial charge in [-0.1, -0.05) is 159 Å². The lowest BCUT2D eigenvalue weighted by Crippen LogP contribution is -2.29. The molecule has 13 aromatic carbocycles. The van der Waals surface area contributed by atoms with E-state index < -0.39 is 63.9 Å². The van der Waals surface area contributed by atoms with Crippen molar-refractivity contribution < 1.29 is 132 Å². The summed E-state index contributed by atoms with van der Waals surface area (Å²) in [5, 5.41) is 73.4. The second-order valence-electron chi connectivity index (χ2n) is 24.8. The Morgan fingerprint density at radius 1 is 0.365 bits per heavy atom. The Kier molecular flexibility index (Phi) is 42.7. The number of aromatic hydroxyl groups is 3. The minimum Gasteiger partial charge on any atom is -0.508 e. The third kappa shape index (κ3) is 33.6. The number of ether oxygens (including phenoxy) is 4. The molecule has 0 aliphatic carbocycles. The molecular formula is C90H72B2BrCl3F7NO21S. The van der Waals surface area contributed by atoms with Gasteiger partial charge < -0.3 is 63.8 Å². The van der Waals surface area contributed by atoms with Crippen LogP contribution in [0, 0.1) is 23.3 Å². The highest BCUT2D eigenvalue weighted by molar-refractivity contribution is 9.10. The molecule has 0 aliphatic heterocycles. The first-order valence-electron chi connectivity index (χ1n) is 35.7. The van der Waals surface area contributed by atoms with Crippen molar-refractivity contribution in [3.05, 3.63) is 355 Å². The average Bonchev–Trinajstić information content (AvgIpc) is 0.814. The van der Waals surface area contributed by atoms with Crippen LogP contribution in [-0.4, -0.2) is 141 Å². The minimum absolute atomic E-state index is 0.00716. The average molecular weight is 1880 g/mol. The molecule has 0 saturated carbocycles. The number of hydrogen-bond acceptors (Lipinski definition) is 22. The lowest BCUT2D eigenvalue weighted by molar-refractivity contribution is -0.0500. The van der Waals surface area contributed by atoms with Crippen LogP contribution >= 0.6 is 50.7 Å². The largest absolute Gasteiger partial charge is 0.534 e. The van der Waals surface area contributed by atoms with Crippen LogP contribution in [0.4, 0.5) is 30.7 Å². The molecule has 0 spiro atoms. The highest BCUT2D eigenvalue weighted by Gasteiger charge is 2.49. The van der Waals surface area contributed by atoms with E-state index in [9.17, 15) is 67.9 Å². The van der Waals surface area contributed by atoms with Crippen LogP contribution in [0.2, 0.25) is 15.1 Å². The number of carbonyl (C=O) groups excluding carboxylic acids is 6. The van der Waals surface area contributed by atoms with E-state index in [1.807, 2.05) is 42.5 Å². The van der Waals surface area contributed by atoms with Gasteiger partial charge in [-0.3, -0.25) is 28.8 Å². The number of oxime groups is 1. The van der Waals surface area contributed by atoms with Crippen molar-refractivity contribution >= 4 is 130 Å². The SMILES string of the molecule is COc1ccc(-c2ccc(C=O)c(F)c2)cc1.COc1ccc(-c2ccc(C=O)cc2Cl)cc1.COc1ccc(B(O)O)cc1.COc1ccc(B(O)O)cc1.O/N=C/c1ccc(-c2ccc(O)cc2)cc1F.O=Cc1ccc(-c2ccc(O)cc2)cc1F.O=Cc1ccc(Br)cc1F.O=Cc1ccc(O)c(Cl)c1.O=Cc1ccc(OS(=O)(=O)C(F)(F)F)c(Cl)c1. The highest BCUT2D eigenvalue weighted by atomic mass is 79.9. The fourth-order valence-electron chi connectivity index (χ4n) is 9.75. The number of hydrogen-bond donors (Lipinski definition) is 8. The minimum atomic E-state index is -5.77. The Bertz CT molecular complexity index is 5830. The summed E-state index contributed by atoms with van der Waals surface area (Å²) in [5.74, 6) is 0.567. The molecule has 22 nitrogen and oxygen atoms in total. The number of nitrogens with zero attached hydrogens (tertiary/aromatic N) is 1. The number of phenolic OH excluding ortho intramolecular Hbond substituents is 3. The first-order valence-corrected chi connectivity index (χ1v) is 39.0. The van der Waals surface area contributed by atoms with Gasteiger partial charge in [-0.2, -0.15) is 21.6 Å². The van der Waals surface area contributed by atoms with Gasteiger partial charge in [0.15, 0.2) is 24.6 Å². The Morgan fingerprint density at radius 2 is 0.675 bits per heavy atom. The van der Waals surface area contributed by atoms with Crippen molar-refractivity contribution in [3.8, 4) is 90.5 Å². The molecule has 8 N–H and O–H groups in total. The summed E-state index contributed by atoms with van der Waals surface area (Å²) in [7, 11) is -2.23. The normalized spacial score (nSPS) is 10.2. The second-order valence-corrected chi connectivity index (χ2v) is 28.5. The molecule has 0 aromatic heterocycles. The maximum atomic E-state index is 13.6. The van der Waals surface area contributed by atoms with Crippen LogP contribution in [0.5, 0.6) is 46.0 Å². The van der Waals surface area contributed by atoms with Gasteiger partial charge in [-0.05, 0) is 220 Å². The summed E-state index contributed by atoms with van der Waals surface area (Å²) in [6, 6.07) is 71.2. The Hall–Kier alpha value is -13.5. The number of rotatable bonds is 19. The number of benzene rings is 13. The summed E-state index contributed by atoms with van der Waals surface area (Å²) >= 11 is 20.1. The van der Waals surface area contributed by atoms with Crippen LogP contribution in [0.15, 0.2) is 283 Å². The van der Waals surface area contributed by atoms with E-state index in [1.165, 1.54) is 91.0 Å². The third-order valence-electron chi connectivity index (χ3n) is 16.4. The molecule has 13 rings (SSSR count). The first-order chi connectivity index (χ1) is 60.0. The number of carbonyl (C=O) groups is 6. The number of alkyl halides is 3. The Labute approximate surface area is 741 Å². The van der Waals surface area contributed by atoms with Gasteiger partial charge in [0, 0.05) is 37.3 Å². The fourth-order valence-corrected chi connectivity index (χ4v) is 11.3. The topological polar surface area (TPSA) is 357 Å². The molecular weight excluding hydrogens is 1800 g/mol.